The number of amides is 4. The average molecular weight is 814 g/mol. The van der Waals surface area contributed by atoms with E-state index in [1.165, 1.54) is 11.0 Å². The first kappa shape index (κ1) is 40.7. The predicted octanol–water partition coefficient (Wildman–Crippen LogP) is 5.12. The summed E-state index contributed by atoms with van der Waals surface area (Å²) in [6.07, 6.45) is 5.55. The number of nitrogens with one attached hydrogen (secondary N) is 3. The van der Waals surface area contributed by atoms with Crippen LogP contribution in [0, 0.1) is 17.3 Å². The van der Waals surface area contributed by atoms with Crippen molar-refractivity contribution in [1.82, 2.24) is 25.2 Å². The maximum atomic E-state index is 14.7. The van der Waals surface area contributed by atoms with Crippen molar-refractivity contribution in [2.45, 2.75) is 88.8 Å². The highest BCUT2D eigenvalue weighted by Crippen LogP contribution is 2.46. The van der Waals surface area contributed by atoms with Crippen LogP contribution in [0.3, 0.4) is 0 Å². The molecule has 7 rings (SSSR count). The van der Waals surface area contributed by atoms with Crippen molar-refractivity contribution >= 4 is 50.8 Å². The van der Waals surface area contributed by atoms with Crippen LogP contribution >= 0.6 is 0 Å². The molecule has 3 heterocycles. The molecule has 3 N–H and O–H groups in total. The van der Waals surface area contributed by atoms with Crippen molar-refractivity contribution in [3.8, 4) is 22.8 Å². The van der Waals surface area contributed by atoms with Gasteiger partial charge in [-0.2, -0.15) is 0 Å². The van der Waals surface area contributed by atoms with E-state index in [1.807, 2.05) is 67.6 Å². The molecule has 4 bridgehead atoms. The lowest BCUT2D eigenvalue weighted by atomic mass is 9.85. The maximum absolute atomic E-state index is 14.7. The van der Waals surface area contributed by atoms with Gasteiger partial charge in [0.1, 0.15) is 35.2 Å². The van der Waals surface area contributed by atoms with Crippen LogP contribution in [-0.4, -0.2) is 91.4 Å². The predicted molar refractivity (Wildman–Crippen MR) is 218 cm³/mol. The largest absolute Gasteiger partial charge is 0.496 e. The quantitative estimate of drug-likeness (QED) is 0.258. The van der Waals surface area contributed by atoms with Crippen LogP contribution in [0.15, 0.2) is 67.3 Å². The fraction of sp³-hybridized carbons (Fsp3) is 0.465. The lowest BCUT2D eigenvalue weighted by molar-refractivity contribution is -0.142. The number of ether oxygens (including phenoxy) is 3. The van der Waals surface area contributed by atoms with E-state index in [0.29, 0.717) is 47.4 Å². The molecule has 4 amide bonds. The Morgan fingerprint density at radius 3 is 2.52 bits per heavy atom. The standard InChI is InChI=1S/C43H51N5O9S/c1-7-28-22-43(28,40(51)47-58(53,54)30-16-17-30)46-38(49)34-19-29-23-48(34)39(50)37(42(3,4)5)45-41(52)56-24-25(2)12-11-15-27-18-31-33(21-35(27)55-6)44-32(20-36(31)57-29)26-13-9-8-10-14-26/h7-11,13-15,18,20-21,25,28-30,34,37H,1,12,16-17,19,22-24H2,2-6H3,(H,45,52)(H,46,49)(H,47,51)/b15-11+/t25?,28-,29+,34-,37+,43+/m0/s1. The van der Waals surface area contributed by atoms with Gasteiger partial charge in [-0.05, 0) is 43.1 Å². The molecule has 2 aromatic carbocycles. The molecule has 6 atom stereocenters. The van der Waals surface area contributed by atoms with E-state index in [0.717, 1.165) is 11.1 Å². The third-order valence-corrected chi connectivity index (χ3v) is 13.1. The number of aromatic nitrogens is 1. The summed E-state index contributed by atoms with van der Waals surface area (Å²) in [7, 11) is -2.33. The number of sulfonamides is 1. The van der Waals surface area contributed by atoms with Gasteiger partial charge in [0.25, 0.3) is 5.91 Å². The minimum Gasteiger partial charge on any atom is -0.496 e. The fourth-order valence-corrected chi connectivity index (χ4v) is 9.03. The number of carbonyl (C=O) groups excluding carboxylic acids is 4. The zero-order valence-corrected chi connectivity index (χ0v) is 34.3. The van der Waals surface area contributed by atoms with Crippen molar-refractivity contribution < 1.29 is 41.8 Å². The Hall–Kier alpha value is -5.44. The van der Waals surface area contributed by atoms with E-state index < -0.39 is 74.1 Å². The van der Waals surface area contributed by atoms with Crippen molar-refractivity contribution in [2.75, 3.05) is 20.3 Å². The molecule has 2 aliphatic carbocycles. The summed E-state index contributed by atoms with van der Waals surface area (Å²) in [6.45, 7) is 11.2. The average Bonchev–Trinajstić information content (AvgIpc) is 4.12. The molecule has 1 unspecified atom stereocenters. The van der Waals surface area contributed by atoms with E-state index >= 15 is 0 Å². The van der Waals surface area contributed by atoms with Crippen LogP contribution < -0.4 is 24.8 Å². The van der Waals surface area contributed by atoms with Crippen LogP contribution in [0.25, 0.3) is 28.2 Å². The molecule has 15 heteroatoms. The van der Waals surface area contributed by atoms with Crippen LogP contribution in [0.2, 0.25) is 0 Å². The lowest BCUT2D eigenvalue weighted by Crippen LogP contribution is -2.60. The normalized spacial score (nSPS) is 27.0. The summed E-state index contributed by atoms with van der Waals surface area (Å²) in [5.41, 5.74) is 0.463. The van der Waals surface area contributed by atoms with Crippen LogP contribution in [0.4, 0.5) is 4.79 Å². The summed E-state index contributed by atoms with van der Waals surface area (Å²) < 4.78 is 46.0. The maximum Gasteiger partial charge on any atom is 0.407 e. The third-order valence-electron chi connectivity index (χ3n) is 11.3. The van der Waals surface area contributed by atoms with Gasteiger partial charge in [-0.25, -0.2) is 18.2 Å². The SMILES string of the molecule is C=C[C@H]1C[C@]1(NC(=O)[C@@H]1C[C@@H]2CN1C(=O)[C@H](C(C)(C)C)NC(=O)OCC(C)C/C=C/c1cc3c(cc(-c4ccccc4)nc3cc1OC)O2)C(=O)NS(=O)(=O)C1CC1. The molecule has 0 radical (unpaired) electrons. The number of nitrogens with zero attached hydrogens (tertiary/aromatic N) is 2. The zero-order chi connectivity index (χ0) is 41.6. The molecule has 3 fully saturated rings. The number of methoxy groups -OCH3 is 1. The van der Waals surface area contributed by atoms with Gasteiger partial charge < -0.3 is 29.7 Å². The number of carbonyl (C=O) groups is 4. The topological polar surface area (TPSA) is 182 Å². The zero-order valence-electron chi connectivity index (χ0n) is 33.4. The molecule has 1 aromatic heterocycles. The summed E-state index contributed by atoms with van der Waals surface area (Å²) in [5.74, 6) is -1.60. The number of cyclic esters (lactones) is 1. The van der Waals surface area contributed by atoms with Crippen molar-refractivity contribution in [3.05, 3.63) is 72.8 Å². The molecule has 3 aromatic rings. The number of hydrogen-bond donors (Lipinski definition) is 3. The number of rotatable bonds is 8. The first-order chi connectivity index (χ1) is 27.5. The molecule has 2 saturated carbocycles. The fourth-order valence-electron chi connectivity index (χ4n) is 7.66. The van der Waals surface area contributed by atoms with Crippen LogP contribution in [0.5, 0.6) is 11.5 Å². The minimum absolute atomic E-state index is 0.0145. The molecule has 2 aliphatic heterocycles. The monoisotopic (exact) mass is 813 g/mol. The van der Waals surface area contributed by atoms with Crippen LogP contribution in [-0.2, 0) is 29.1 Å². The van der Waals surface area contributed by atoms with E-state index in [4.69, 9.17) is 19.2 Å². The van der Waals surface area contributed by atoms with Gasteiger partial charge >= 0.3 is 6.09 Å². The Bertz CT molecular complexity index is 2270. The lowest BCUT2D eigenvalue weighted by Gasteiger charge is -2.35. The van der Waals surface area contributed by atoms with Crippen molar-refractivity contribution in [2.24, 2.45) is 17.3 Å². The molecular weight excluding hydrogens is 763 g/mol. The second kappa shape index (κ2) is 15.7. The second-order valence-electron chi connectivity index (χ2n) is 16.9. The summed E-state index contributed by atoms with van der Waals surface area (Å²) in [5, 5.41) is 5.62. The van der Waals surface area contributed by atoms with Gasteiger partial charge in [0, 0.05) is 41.0 Å². The smallest absolute Gasteiger partial charge is 0.407 e. The van der Waals surface area contributed by atoms with Gasteiger partial charge in [-0.1, -0.05) is 76.3 Å². The molecular formula is C43H51N5O9S. The highest BCUT2D eigenvalue weighted by molar-refractivity contribution is 7.91. The highest BCUT2D eigenvalue weighted by Gasteiger charge is 2.62. The van der Waals surface area contributed by atoms with Gasteiger partial charge in [-0.15, -0.1) is 6.58 Å². The number of alkyl carbamates (subject to hydrolysis) is 1. The van der Waals surface area contributed by atoms with Gasteiger partial charge in [0.15, 0.2) is 0 Å². The molecule has 1 saturated heterocycles. The van der Waals surface area contributed by atoms with Gasteiger partial charge in [0.2, 0.25) is 21.8 Å². The first-order valence-corrected chi connectivity index (χ1v) is 21.2. The Balaban J connectivity index is 1.30. The van der Waals surface area contributed by atoms with Gasteiger partial charge in [-0.3, -0.25) is 19.1 Å². The molecule has 308 valence electrons. The molecule has 0 spiro atoms. The number of pyridine rings is 1. The minimum atomic E-state index is -3.92. The van der Waals surface area contributed by atoms with E-state index in [-0.39, 0.29) is 31.9 Å². The van der Waals surface area contributed by atoms with E-state index in [1.54, 1.807) is 27.9 Å². The van der Waals surface area contributed by atoms with E-state index in [9.17, 15) is 27.6 Å². The highest BCUT2D eigenvalue weighted by atomic mass is 32.2. The molecule has 58 heavy (non-hydrogen) atoms. The Labute approximate surface area is 338 Å². The number of allylic oxidation sites excluding steroid dienone is 1. The molecule has 4 aliphatic rings. The Kier molecular flexibility index (Phi) is 11.0. The second-order valence-corrected chi connectivity index (χ2v) is 18.9. The molecule has 14 nitrogen and oxygen atoms in total. The third kappa shape index (κ3) is 8.40. The Morgan fingerprint density at radius 2 is 1.86 bits per heavy atom. The van der Waals surface area contributed by atoms with Crippen molar-refractivity contribution in [3.63, 3.8) is 0 Å². The van der Waals surface area contributed by atoms with E-state index in [2.05, 4.69) is 21.9 Å². The number of fused-ring (bicyclic) bond motifs is 3. The number of benzene rings is 2. The summed E-state index contributed by atoms with van der Waals surface area (Å²) in [4.78, 5) is 62.5. The van der Waals surface area contributed by atoms with Crippen molar-refractivity contribution in [1.29, 1.82) is 0 Å². The summed E-state index contributed by atoms with van der Waals surface area (Å²) in [6, 6.07) is 12.9. The first-order valence-electron chi connectivity index (χ1n) is 19.7. The number of hydrogen-bond acceptors (Lipinski definition) is 10. The summed E-state index contributed by atoms with van der Waals surface area (Å²) >= 11 is 0. The Morgan fingerprint density at radius 1 is 1.12 bits per heavy atom. The van der Waals surface area contributed by atoms with Gasteiger partial charge in [0.05, 0.1) is 36.7 Å². The van der Waals surface area contributed by atoms with Crippen LogP contribution in [0.1, 0.15) is 65.4 Å².